The van der Waals surface area contributed by atoms with Crippen LogP contribution in [-0.2, 0) is 4.74 Å². The molecular formula is C8H14BF3NO2-. The van der Waals surface area contributed by atoms with Crippen molar-refractivity contribution in [1.82, 2.24) is 5.32 Å². The first-order valence-electron chi connectivity index (χ1n) is 4.45. The summed E-state index contributed by atoms with van der Waals surface area (Å²) < 4.78 is 39.9. The van der Waals surface area contributed by atoms with Gasteiger partial charge in [-0.05, 0) is 20.8 Å². The van der Waals surface area contributed by atoms with Crippen molar-refractivity contribution >= 4 is 13.1 Å². The number of ether oxygens (including phenoxy) is 1. The van der Waals surface area contributed by atoms with Gasteiger partial charge in [-0.3, -0.25) is 0 Å². The van der Waals surface area contributed by atoms with Crippen LogP contribution in [0, 0.1) is 0 Å². The summed E-state index contributed by atoms with van der Waals surface area (Å²) in [4.78, 5) is 10.9. The fourth-order valence-electron chi connectivity index (χ4n) is 0.679. The van der Waals surface area contributed by atoms with Gasteiger partial charge in [0.05, 0.1) is 0 Å². The van der Waals surface area contributed by atoms with E-state index >= 15 is 0 Å². The highest BCUT2D eigenvalue weighted by molar-refractivity contribution is 6.64. The summed E-state index contributed by atoms with van der Waals surface area (Å²) >= 11 is 0. The van der Waals surface area contributed by atoms with Gasteiger partial charge in [-0.25, -0.2) is 4.79 Å². The molecule has 0 aliphatic heterocycles. The number of hydrogen-bond acceptors (Lipinski definition) is 2. The van der Waals surface area contributed by atoms with Crippen LogP contribution in [0.2, 0.25) is 0 Å². The molecule has 0 fully saturated rings. The zero-order chi connectivity index (χ0) is 12.1. The predicted molar refractivity (Wildman–Crippen MR) is 52.5 cm³/mol. The number of rotatable bonds is 3. The van der Waals surface area contributed by atoms with Gasteiger partial charge in [-0.2, -0.15) is 0 Å². The summed E-state index contributed by atoms with van der Waals surface area (Å²) in [7, 11) is 0. The van der Waals surface area contributed by atoms with Gasteiger partial charge >= 0.3 is 13.1 Å². The van der Waals surface area contributed by atoms with Crippen LogP contribution in [0.1, 0.15) is 20.8 Å². The molecule has 0 bridgehead atoms. The van der Waals surface area contributed by atoms with Crippen molar-refractivity contribution < 1.29 is 22.5 Å². The SMILES string of the molecule is CC(C)(C)OC(=O)NC/C=C/[B-](F)(F)F. The fourth-order valence-corrected chi connectivity index (χ4v) is 0.679. The van der Waals surface area contributed by atoms with Crippen molar-refractivity contribution in [3.8, 4) is 0 Å². The first-order valence-corrected chi connectivity index (χ1v) is 4.45. The Morgan fingerprint density at radius 2 is 1.93 bits per heavy atom. The molecule has 0 rings (SSSR count). The first-order chi connectivity index (χ1) is 6.60. The predicted octanol–water partition coefficient (Wildman–Crippen LogP) is 2.45. The van der Waals surface area contributed by atoms with Gasteiger partial charge in [-0.15, -0.1) is 5.98 Å². The first kappa shape index (κ1) is 13.9. The van der Waals surface area contributed by atoms with Crippen LogP contribution in [0.5, 0.6) is 0 Å². The molecule has 0 aliphatic rings. The molecule has 0 saturated heterocycles. The lowest BCUT2D eigenvalue weighted by Gasteiger charge is -2.19. The van der Waals surface area contributed by atoms with Crippen LogP contribution in [-0.4, -0.2) is 25.2 Å². The fraction of sp³-hybridized carbons (Fsp3) is 0.625. The number of halogens is 3. The molecule has 0 aromatic rings. The molecule has 1 N–H and O–H groups in total. The highest BCUT2D eigenvalue weighted by atomic mass is 19.4. The van der Waals surface area contributed by atoms with E-state index in [-0.39, 0.29) is 12.5 Å². The van der Waals surface area contributed by atoms with Crippen LogP contribution < -0.4 is 5.32 Å². The molecule has 0 unspecified atom stereocenters. The molecule has 0 atom stereocenters. The molecule has 0 aliphatic carbocycles. The Balaban J connectivity index is 3.79. The van der Waals surface area contributed by atoms with Gasteiger partial charge in [0.15, 0.2) is 0 Å². The maximum absolute atomic E-state index is 11.7. The number of hydrogen-bond donors (Lipinski definition) is 1. The normalized spacial score (nSPS) is 12.9. The van der Waals surface area contributed by atoms with Crippen LogP contribution in [0.25, 0.3) is 0 Å². The Bertz CT molecular complexity index is 245. The third-order valence-electron chi connectivity index (χ3n) is 1.12. The summed E-state index contributed by atoms with van der Waals surface area (Å²) in [5.41, 5.74) is -0.651. The van der Waals surface area contributed by atoms with Crippen LogP contribution in [0.3, 0.4) is 0 Å². The molecule has 0 aromatic heterocycles. The van der Waals surface area contributed by atoms with Crippen molar-refractivity contribution in [3.05, 3.63) is 12.1 Å². The lowest BCUT2D eigenvalue weighted by molar-refractivity contribution is 0.0534. The number of carbonyl (C=O) groups excluding carboxylic acids is 1. The number of carbonyl (C=O) groups is 1. The molecule has 0 saturated carbocycles. The Labute approximate surface area is 86.7 Å². The molecule has 3 nitrogen and oxygen atoms in total. The standard InChI is InChI=1S/C8H14BF3NO2/c1-8(2,3)15-7(14)13-6-4-5-9(10,11)12/h4-5H,6H2,1-3H3,(H,13,14)/q-1/b5-4+. The third-order valence-corrected chi connectivity index (χ3v) is 1.12. The van der Waals surface area contributed by atoms with Gasteiger partial charge in [0.25, 0.3) is 0 Å². The molecule has 15 heavy (non-hydrogen) atoms. The van der Waals surface area contributed by atoms with Gasteiger partial charge in [0.2, 0.25) is 0 Å². The molecule has 0 aromatic carbocycles. The second kappa shape index (κ2) is 5.09. The molecular weight excluding hydrogens is 210 g/mol. The van der Waals surface area contributed by atoms with E-state index in [1.165, 1.54) is 0 Å². The van der Waals surface area contributed by atoms with Gasteiger partial charge in [-0.1, -0.05) is 6.08 Å². The highest BCUT2D eigenvalue weighted by Gasteiger charge is 2.17. The molecule has 0 radical (unpaired) electrons. The molecule has 0 heterocycles. The zero-order valence-corrected chi connectivity index (χ0v) is 8.89. The van der Waals surface area contributed by atoms with Crippen LogP contribution in [0.15, 0.2) is 12.1 Å². The Kier molecular flexibility index (Phi) is 4.70. The van der Waals surface area contributed by atoms with Gasteiger partial charge < -0.3 is 23.0 Å². The van der Waals surface area contributed by atoms with Crippen molar-refractivity contribution in [2.45, 2.75) is 26.4 Å². The van der Waals surface area contributed by atoms with E-state index in [1.807, 2.05) is 0 Å². The minimum Gasteiger partial charge on any atom is -0.445 e. The smallest absolute Gasteiger partial charge is 0.445 e. The summed E-state index contributed by atoms with van der Waals surface area (Å²) in [6.45, 7) is -0.130. The van der Waals surface area contributed by atoms with Crippen molar-refractivity contribution in [2.75, 3.05) is 6.54 Å². The second-order valence-electron chi connectivity index (χ2n) is 3.94. The van der Waals surface area contributed by atoms with E-state index in [2.05, 4.69) is 5.32 Å². The maximum Gasteiger partial charge on any atom is 0.502 e. The Hall–Kier alpha value is -1.14. The van der Waals surface area contributed by atoms with Gasteiger partial charge in [0, 0.05) is 6.54 Å². The molecule has 7 heteroatoms. The van der Waals surface area contributed by atoms with Crippen LogP contribution in [0.4, 0.5) is 17.7 Å². The maximum atomic E-state index is 11.7. The van der Waals surface area contributed by atoms with Crippen molar-refractivity contribution in [1.29, 1.82) is 0 Å². The highest BCUT2D eigenvalue weighted by Crippen LogP contribution is 2.09. The number of nitrogens with one attached hydrogen (secondary N) is 1. The monoisotopic (exact) mass is 224 g/mol. The third kappa shape index (κ3) is 10.8. The number of amides is 1. The van der Waals surface area contributed by atoms with Crippen molar-refractivity contribution in [3.63, 3.8) is 0 Å². The van der Waals surface area contributed by atoms with E-state index in [0.29, 0.717) is 0 Å². The minimum absolute atomic E-state index is 0.122. The minimum atomic E-state index is -4.94. The van der Waals surface area contributed by atoms with E-state index in [9.17, 15) is 17.7 Å². The molecule has 88 valence electrons. The summed E-state index contributed by atoms with van der Waals surface area (Å²) in [6, 6.07) is 0. The Morgan fingerprint density at radius 3 is 2.33 bits per heavy atom. The Morgan fingerprint density at radius 1 is 1.40 bits per heavy atom. The second-order valence-corrected chi connectivity index (χ2v) is 3.94. The quantitative estimate of drug-likeness (QED) is 0.747. The van der Waals surface area contributed by atoms with E-state index in [1.54, 1.807) is 20.8 Å². The lowest BCUT2D eigenvalue weighted by Crippen LogP contribution is -2.32. The summed E-state index contributed by atoms with van der Waals surface area (Å²) in [5.74, 6) is 0.122. The number of alkyl carbamates (subject to hydrolysis) is 1. The molecule has 1 amide bonds. The van der Waals surface area contributed by atoms with E-state index in [0.717, 1.165) is 6.08 Å². The largest absolute Gasteiger partial charge is 0.502 e. The topological polar surface area (TPSA) is 38.3 Å². The van der Waals surface area contributed by atoms with Gasteiger partial charge in [0.1, 0.15) is 5.60 Å². The van der Waals surface area contributed by atoms with E-state index in [4.69, 9.17) is 4.74 Å². The summed E-state index contributed by atoms with van der Waals surface area (Å²) in [5, 5.41) is 2.17. The van der Waals surface area contributed by atoms with E-state index < -0.39 is 18.7 Å². The average Bonchev–Trinajstić information content (AvgIpc) is 1.92. The van der Waals surface area contributed by atoms with Crippen LogP contribution >= 0.6 is 0 Å². The zero-order valence-electron chi connectivity index (χ0n) is 8.89. The average molecular weight is 224 g/mol. The lowest BCUT2D eigenvalue weighted by atomic mass is 9.92. The molecule has 0 spiro atoms. The van der Waals surface area contributed by atoms with Crippen molar-refractivity contribution in [2.24, 2.45) is 0 Å². The summed E-state index contributed by atoms with van der Waals surface area (Å²) in [6.07, 6.45) is 0.103.